The molecule has 7 nitrogen and oxygen atoms in total. The Morgan fingerprint density at radius 2 is 2.04 bits per heavy atom. The van der Waals surface area contributed by atoms with Gasteiger partial charge in [0.1, 0.15) is 0 Å². The van der Waals surface area contributed by atoms with Gasteiger partial charge in [-0.05, 0) is 50.5 Å². The molecule has 2 aliphatic heterocycles. The second-order valence-corrected chi connectivity index (χ2v) is 11.4. The number of amides is 1. The van der Waals surface area contributed by atoms with Gasteiger partial charge in [-0.15, -0.1) is 0 Å². The molecule has 138 valence electrons. The van der Waals surface area contributed by atoms with Gasteiger partial charge in [0.05, 0.1) is 29.0 Å². The minimum Gasteiger partial charge on any atom is -0.346 e. The maximum atomic E-state index is 12.5. The second kappa shape index (κ2) is 5.70. The lowest BCUT2D eigenvalue weighted by Crippen LogP contribution is -2.46. The zero-order valence-electron chi connectivity index (χ0n) is 14.4. The van der Waals surface area contributed by atoms with Crippen LogP contribution in [0.25, 0.3) is 0 Å². The van der Waals surface area contributed by atoms with E-state index in [9.17, 15) is 21.6 Å². The molecule has 1 saturated heterocycles. The number of benzene rings is 1. The van der Waals surface area contributed by atoms with E-state index in [4.69, 9.17) is 0 Å². The molecule has 3 rings (SSSR count). The fraction of sp³-hybridized carbons (Fsp3) is 0.562. The Balaban J connectivity index is 1.84. The van der Waals surface area contributed by atoms with Gasteiger partial charge in [0, 0.05) is 11.6 Å². The Morgan fingerprint density at radius 1 is 1.36 bits per heavy atom. The van der Waals surface area contributed by atoms with Crippen LogP contribution in [0.4, 0.5) is 5.69 Å². The fourth-order valence-corrected chi connectivity index (χ4v) is 7.06. The van der Waals surface area contributed by atoms with Crippen molar-refractivity contribution in [1.82, 2.24) is 5.32 Å². The number of rotatable bonds is 3. The summed E-state index contributed by atoms with van der Waals surface area (Å²) in [6, 6.07) is 4.72. The number of fused-ring (bicyclic) bond motifs is 1. The van der Waals surface area contributed by atoms with Crippen molar-refractivity contribution in [3.05, 3.63) is 29.3 Å². The molecule has 2 atom stereocenters. The fourth-order valence-electron chi connectivity index (χ4n) is 3.70. The maximum Gasteiger partial charge on any atom is 0.251 e. The van der Waals surface area contributed by atoms with Crippen LogP contribution in [0.15, 0.2) is 18.2 Å². The van der Waals surface area contributed by atoms with Gasteiger partial charge >= 0.3 is 0 Å². The predicted molar refractivity (Wildman–Crippen MR) is 96.1 cm³/mol. The van der Waals surface area contributed by atoms with Crippen molar-refractivity contribution in [2.45, 2.75) is 38.3 Å². The standard InChI is InChI=1S/C16H22N2O5S2/c1-11-8-13-9-12(4-5-14(13)18(11)24(3,20)21)15(19)17-16(2)6-7-25(22,23)10-16/h4-5,9,11H,6-8,10H2,1-3H3,(H,17,19)/t11-,16+/m0/s1. The maximum absolute atomic E-state index is 12.5. The molecule has 0 aliphatic carbocycles. The number of sulfonamides is 1. The number of carbonyl (C=O) groups excluding carboxylic acids is 1. The average molecular weight is 386 g/mol. The van der Waals surface area contributed by atoms with Crippen LogP contribution < -0.4 is 9.62 Å². The number of nitrogens with one attached hydrogen (secondary N) is 1. The van der Waals surface area contributed by atoms with Gasteiger partial charge in [-0.25, -0.2) is 16.8 Å². The van der Waals surface area contributed by atoms with Crippen LogP contribution in [0.5, 0.6) is 0 Å². The molecule has 1 aromatic carbocycles. The van der Waals surface area contributed by atoms with Crippen molar-refractivity contribution >= 4 is 31.5 Å². The number of sulfone groups is 1. The van der Waals surface area contributed by atoms with Crippen LogP contribution in [0.2, 0.25) is 0 Å². The Kier molecular flexibility index (Phi) is 4.15. The summed E-state index contributed by atoms with van der Waals surface area (Å²) in [7, 11) is -6.48. The highest BCUT2D eigenvalue weighted by Crippen LogP contribution is 2.35. The van der Waals surface area contributed by atoms with Crippen molar-refractivity contribution in [3.63, 3.8) is 0 Å². The normalized spacial score (nSPS) is 28.0. The van der Waals surface area contributed by atoms with Gasteiger partial charge in [0.25, 0.3) is 5.91 Å². The molecule has 1 amide bonds. The summed E-state index contributed by atoms with van der Waals surface area (Å²) in [4.78, 5) is 12.5. The van der Waals surface area contributed by atoms with Crippen molar-refractivity contribution in [3.8, 4) is 0 Å². The third-order valence-corrected chi connectivity index (χ3v) is 7.94. The molecule has 1 N–H and O–H groups in total. The number of carbonyl (C=O) groups is 1. The Hall–Kier alpha value is -1.61. The molecule has 0 spiro atoms. The van der Waals surface area contributed by atoms with Crippen LogP contribution in [0.1, 0.15) is 36.2 Å². The second-order valence-electron chi connectivity index (χ2n) is 7.31. The van der Waals surface area contributed by atoms with E-state index in [0.29, 0.717) is 24.1 Å². The first-order chi connectivity index (χ1) is 11.4. The van der Waals surface area contributed by atoms with Gasteiger partial charge in [-0.2, -0.15) is 0 Å². The number of anilines is 1. The molecule has 2 aliphatic rings. The lowest BCUT2D eigenvalue weighted by molar-refractivity contribution is 0.0915. The number of nitrogens with zero attached hydrogens (tertiary/aromatic N) is 1. The zero-order chi connectivity index (χ0) is 18.6. The van der Waals surface area contributed by atoms with Crippen molar-refractivity contribution < 1.29 is 21.6 Å². The third-order valence-electron chi connectivity index (χ3n) is 4.77. The quantitative estimate of drug-likeness (QED) is 0.824. The van der Waals surface area contributed by atoms with Crippen LogP contribution in [0, 0.1) is 0 Å². The molecule has 0 saturated carbocycles. The topological polar surface area (TPSA) is 101 Å². The Morgan fingerprint density at radius 3 is 2.60 bits per heavy atom. The largest absolute Gasteiger partial charge is 0.346 e. The monoisotopic (exact) mass is 386 g/mol. The SMILES string of the molecule is C[C@H]1Cc2cc(C(=O)N[C@]3(C)CCS(=O)(=O)C3)ccc2N1S(C)(=O)=O. The highest BCUT2D eigenvalue weighted by atomic mass is 32.2. The molecule has 9 heteroatoms. The predicted octanol–water partition coefficient (Wildman–Crippen LogP) is 0.704. The Bertz CT molecular complexity index is 939. The van der Waals surface area contributed by atoms with Gasteiger partial charge < -0.3 is 5.32 Å². The molecule has 1 fully saturated rings. The van der Waals surface area contributed by atoms with Crippen molar-refractivity contribution in [2.75, 3.05) is 22.1 Å². The van der Waals surface area contributed by atoms with E-state index in [0.717, 1.165) is 5.56 Å². The zero-order valence-corrected chi connectivity index (χ0v) is 16.1. The van der Waals surface area contributed by atoms with Gasteiger partial charge in [-0.1, -0.05) is 0 Å². The van der Waals surface area contributed by atoms with Crippen molar-refractivity contribution in [1.29, 1.82) is 0 Å². The van der Waals surface area contributed by atoms with Gasteiger partial charge in [0.15, 0.2) is 9.84 Å². The molecule has 0 radical (unpaired) electrons. The van der Waals surface area contributed by atoms with E-state index in [2.05, 4.69) is 5.32 Å². The van der Waals surface area contributed by atoms with Crippen LogP contribution >= 0.6 is 0 Å². The Labute approximate surface area is 148 Å². The molecule has 0 aromatic heterocycles. The third kappa shape index (κ3) is 3.52. The molecular weight excluding hydrogens is 364 g/mol. The van der Waals surface area contributed by atoms with E-state index in [1.165, 1.54) is 10.6 Å². The first kappa shape index (κ1) is 18.2. The first-order valence-electron chi connectivity index (χ1n) is 8.06. The van der Waals surface area contributed by atoms with Crippen LogP contribution in [0.3, 0.4) is 0 Å². The summed E-state index contributed by atoms with van der Waals surface area (Å²) in [6.07, 6.45) is 2.10. The van der Waals surface area contributed by atoms with E-state index in [-0.39, 0.29) is 23.5 Å². The molecular formula is C16H22N2O5S2. The highest BCUT2D eigenvalue weighted by Gasteiger charge is 2.40. The lowest BCUT2D eigenvalue weighted by atomic mass is 10.0. The molecule has 25 heavy (non-hydrogen) atoms. The highest BCUT2D eigenvalue weighted by molar-refractivity contribution is 7.92. The smallest absolute Gasteiger partial charge is 0.251 e. The summed E-state index contributed by atoms with van der Waals surface area (Å²) in [6.45, 7) is 3.56. The minimum absolute atomic E-state index is 0.0599. The summed E-state index contributed by atoms with van der Waals surface area (Å²) in [5.74, 6) is -0.322. The van der Waals surface area contributed by atoms with E-state index < -0.39 is 25.4 Å². The summed E-state index contributed by atoms with van der Waals surface area (Å²) in [5.41, 5.74) is 1.05. The van der Waals surface area contributed by atoms with Crippen molar-refractivity contribution in [2.24, 2.45) is 0 Å². The van der Waals surface area contributed by atoms with Gasteiger partial charge in [0.2, 0.25) is 10.0 Å². The van der Waals surface area contributed by atoms with Crippen LogP contribution in [-0.4, -0.2) is 52.1 Å². The van der Waals surface area contributed by atoms with E-state index >= 15 is 0 Å². The number of hydrogen-bond acceptors (Lipinski definition) is 5. The summed E-state index contributed by atoms with van der Waals surface area (Å²) in [5, 5.41) is 2.82. The molecule has 0 unspecified atom stereocenters. The molecule has 0 bridgehead atoms. The van der Waals surface area contributed by atoms with Crippen LogP contribution in [-0.2, 0) is 26.3 Å². The summed E-state index contributed by atoms with van der Waals surface area (Å²) < 4.78 is 48.6. The lowest BCUT2D eigenvalue weighted by Gasteiger charge is -2.24. The number of hydrogen-bond donors (Lipinski definition) is 1. The average Bonchev–Trinajstić information content (AvgIpc) is 2.92. The summed E-state index contributed by atoms with van der Waals surface area (Å²) >= 11 is 0. The molecule has 2 heterocycles. The first-order valence-corrected chi connectivity index (χ1v) is 11.7. The van der Waals surface area contributed by atoms with E-state index in [1.807, 2.05) is 6.92 Å². The van der Waals surface area contributed by atoms with Gasteiger partial charge in [-0.3, -0.25) is 9.10 Å². The minimum atomic E-state index is -3.37. The van der Waals surface area contributed by atoms with E-state index in [1.54, 1.807) is 25.1 Å². The molecule has 1 aromatic rings.